The predicted octanol–water partition coefficient (Wildman–Crippen LogP) is 3.35. The first-order valence-electron chi connectivity index (χ1n) is 4.21. The molecule has 0 amide bonds. The number of allylic oxidation sites excluding steroid dienone is 2. The second-order valence-corrected chi connectivity index (χ2v) is 3.73. The smallest absolute Gasteiger partial charge is 0.0291 e. The fourth-order valence-electron chi connectivity index (χ4n) is 1.40. The van der Waals surface area contributed by atoms with Crippen LogP contribution >= 0.6 is 0 Å². The molecule has 0 aliphatic heterocycles. The van der Waals surface area contributed by atoms with E-state index in [1.165, 1.54) is 25.7 Å². The van der Waals surface area contributed by atoms with Gasteiger partial charge in [0.15, 0.2) is 0 Å². The van der Waals surface area contributed by atoms with Crippen molar-refractivity contribution in [2.75, 3.05) is 0 Å². The normalized spacial score (nSPS) is 25.4. The van der Waals surface area contributed by atoms with Gasteiger partial charge in [-0.25, -0.2) is 0 Å². The molecular formula is C10H17. The van der Waals surface area contributed by atoms with E-state index in [1.54, 1.807) is 0 Å². The summed E-state index contributed by atoms with van der Waals surface area (Å²) in [5.41, 5.74) is 0.316. The molecule has 0 bridgehead atoms. The maximum Gasteiger partial charge on any atom is -0.0291 e. The van der Waals surface area contributed by atoms with Gasteiger partial charge in [-0.2, -0.15) is 0 Å². The van der Waals surface area contributed by atoms with Crippen molar-refractivity contribution in [1.82, 2.24) is 0 Å². The summed E-state index contributed by atoms with van der Waals surface area (Å²) in [6.07, 6.45) is 11.0. The second-order valence-electron chi connectivity index (χ2n) is 3.73. The summed E-state index contributed by atoms with van der Waals surface area (Å²) in [5, 5.41) is 0. The lowest BCUT2D eigenvalue weighted by atomic mass is 9.82. The van der Waals surface area contributed by atoms with Crippen molar-refractivity contribution in [3.05, 3.63) is 19.1 Å². The standard InChI is InChI=1S/C10H17/c1-10(2)8-6-4-3-5-7-9-10/h4,6H,1,3,5,7-9H2,2H3. The summed E-state index contributed by atoms with van der Waals surface area (Å²) in [6.45, 7) is 6.43. The molecule has 0 heterocycles. The van der Waals surface area contributed by atoms with Crippen LogP contribution in [0.5, 0.6) is 0 Å². The van der Waals surface area contributed by atoms with Crippen LogP contribution in [0.4, 0.5) is 0 Å². The zero-order valence-electron chi connectivity index (χ0n) is 6.90. The van der Waals surface area contributed by atoms with Gasteiger partial charge in [0.25, 0.3) is 0 Å². The van der Waals surface area contributed by atoms with Crippen molar-refractivity contribution in [3.63, 3.8) is 0 Å². The van der Waals surface area contributed by atoms with Crippen LogP contribution in [0.3, 0.4) is 0 Å². The van der Waals surface area contributed by atoms with Gasteiger partial charge in [-0.15, -0.1) is 0 Å². The van der Waals surface area contributed by atoms with E-state index < -0.39 is 0 Å². The number of rotatable bonds is 0. The molecule has 0 saturated heterocycles. The highest BCUT2D eigenvalue weighted by Crippen LogP contribution is 2.29. The van der Waals surface area contributed by atoms with Crippen LogP contribution in [0, 0.1) is 12.3 Å². The van der Waals surface area contributed by atoms with Gasteiger partial charge in [0.2, 0.25) is 0 Å². The Morgan fingerprint density at radius 2 is 2.10 bits per heavy atom. The summed E-state index contributed by atoms with van der Waals surface area (Å²) >= 11 is 0. The molecular weight excluding hydrogens is 120 g/mol. The quantitative estimate of drug-likeness (QED) is 0.449. The zero-order valence-corrected chi connectivity index (χ0v) is 6.90. The van der Waals surface area contributed by atoms with Crippen LogP contribution in [0.2, 0.25) is 0 Å². The minimum atomic E-state index is 0.316. The number of hydrogen-bond acceptors (Lipinski definition) is 0. The van der Waals surface area contributed by atoms with Crippen molar-refractivity contribution in [2.24, 2.45) is 5.41 Å². The van der Waals surface area contributed by atoms with Crippen molar-refractivity contribution < 1.29 is 0 Å². The predicted molar refractivity (Wildman–Crippen MR) is 45.7 cm³/mol. The van der Waals surface area contributed by atoms with E-state index in [-0.39, 0.29) is 0 Å². The highest BCUT2D eigenvalue weighted by atomic mass is 14.2. The first-order chi connectivity index (χ1) is 4.71. The third-order valence-electron chi connectivity index (χ3n) is 2.18. The highest BCUT2D eigenvalue weighted by Gasteiger charge is 2.15. The third kappa shape index (κ3) is 2.55. The van der Waals surface area contributed by atoms with Gasteiger partial charge in [0.1, 0.15) is 0 Å². The molecule has 0 fully saturated rings. The summed E-state index contributed by atoms with van der Waals surface area (Å²) in [5.74, 6) is 0. The maximum atomic E-state index is 4.18. The van der Waals surface area contributed by atoms with E-state index in [4.69, 9.17) is 0 Å². The first kappa shape index (κ1) is 7.84. The molecule has 0 nitrogen and oxygen atoms in total. The molecule has 1 aliphatic rings. The fraction of sp³-hybridized carbons (Fsp3) is 0.700. The molecule has 1 unspecified atom stereocenters. The monoisotopic (exact) mass is 137 g/mol. The Bertz CT molecular complexity index is 120. The maximum absolute atomic E-state index is 4.18. The van der Waals surface area contributed by atoms with Crippen molar-refractivity contribution in [3.8, 4) is 0 Å². The lowest BCUT2D eigenvalue weighted by molar-refractivity contribution is 0.368. The highest BCUT2D eigenvalue weighted by molar-refractivity contribution is 4.92. The van der Waals surface area contributed by atoms with Gasteiger partial charge >= 0.3 is 0 Å². The lowest BCUT2D eigenvalue weighted by Crippen LogP contribution is -2.10. The summed E-state index contributed by atoms with van der Waals surface area (Å²) < 4.78 is 0. The van der Waals surface area contributed by atoms with Crippen LogP contribution in [-0.2, 0) is 0 Å². The van der Waals surface area contributed by atoms with E-state index >= 15 is 0 Å². The van der Waals surface area contributed by atoms with E-state index in [1.807, 2.05) is 0 Å². The van der Waals surface area contributed by atoms with Crippen LogP contribution in [0.1, 0.15) is 39.0 Å². The van der Waals surface area contributed by atoms with Gasteiger partial charge in [-0.05, 0) is 38.0 Å². The van der Waals surface area contributed by atoms with Gasteiger partial charge in [-0.3, -0.25) is 0 Å². The van der Waals surface area contributed by atoms with E-state index in [0.717, 1.165) is 6.42 Å². The van der Waals surface area contributed by atoms with Gasteiger partial charge in [0, 0.05) is 0 Å². The molecule has 10 heavy (non-hydrogen) atoms. The molecule has 1 atom stereocenters. The molecule has 1 aliphatic carbocycles. The van der Waals surface area contributed by atoms with E-state index in [9.17, 15) is 0 Å². The Kier molecular flexibility index (Phi) is 2.53. The number of hydrogen-bond donors (Lipinski definition) is 0. The van der Waals surface area contributed by atoms with Crippen LogP contribution in [0.15, 0.2) is 12.2 Å². The molecule has 1 rings (SSSR count). The Morgan fingerprint density at radius 3 is 2.90 bits per heavy atom. The van der Waals surface area contributed by atoms with Crippen LogP contribution in [0.25, 0.3) is 0 Å². The molecule has 0 aromatic carbocycles. The van der Waals surface area contributed by atoms with E-state index in [2.05, 4.69) is 26.0 Å². The minimum Gasteiger partial charge on any atom is -0.0885 e. The molecule has 1 radical (unpaired) electrons. The van der Waals surface area contributed by atoms with Crippen molar-refractivity contribution in [1.29, 1.82) is 0 Å². The average Bonchev–Trinajstić information content (AvgIpc) is 1.81. The molecule has 0 aromatic heterocycles. The van der Waals surface area contributed by atoms with Crippen LogP contribution < -0.4 is 0 Å². The summed E-state index contributed by atoms with van der Waals surface area (Å²) in [7, 11) is 0. The van der Waals surface area contributed by atoms with E-state index in [0.29, 0.717) is 5.41 Å². The Balaban J connectivity index is 2.45. The SMILES string of the molecule is [CH2]C1(C)CC=CCCCC1. The van der Waals surface area contributed by atoms with Crippen molar-refractivity contribution in [2.45, 2.75) is 39.0 Å². The largest absolute Gasteiger partial charge is 0.0885 e. The topological polar surface area (TPSA) is 0 Å². The zero-order chi connectivity index (χ0) is 7.45. The third-order valence-corrected chi connectivity index (χ3v) is 2.18. The summed E-state index contributed by atoms with van der Waals surface area (Å²) in [4.78, 5) is 0. The first-order valence-corrected chi connectivity index (χ1v) is 4.21. The lowest BCUT2D eigenvalue weighted by Gasteiger charge is -2.23. The minimum absolute atomic E-state index is 0.316. The molecule has 0 aromatic rings. The molecule has 0 heteroatoms. The van der Waals surface area contributed by atoms with Crippen LogP contribution in [-0.4, -0.2) is 0 Å². The molecule has 57 valence electrons. The average molecular weight is 137 g/mol. The Hall–Kier alpha value is -0.260. The van der Waals surface area contributed by atoms with Gasteiger partial charge in [0.05, 0.1) is 0 Å². The Labute approximate surface area is 64.3 Å². The second kappa shape index (κ2) is 3.23. The molecule has 0 spiro atoms. The van der Waals surface area contributed by atoms with Gasteiger partial charge < -0.3 is 0 Å². The molecule has 0 N–H and O–H groups in total. The summed E-state index contributed by atoms with van der Waals surface area (Å²) in [6, 6.07) is 0. The Morgan fingerprint density at radius 1 is 1.30 bits per heavy atom. The molecule has 0 saturated carbocycles. The van der Waals surface area contributed by atoms with Crippen molar-refractivity contribution >= 4 is 0 Å². The van der Waals surface area contributed by atoms with Gasteiger partial charge in [-0.1, -0.05) is 25.5 Å². The fourth-order valence-corrected chi connectivity index (χ4v) is 1.40.